The van der Waals surface area contributed by atoms with Crippen LogP contribution in [0.25, 0.3) is 0 Å². The Bertz CT molecular complexity index is 327. The third kappa shape index (κ3) is 7.92. The summed E-state index contributed by atoms with van der Waals surface area (Å²) in [6.07, 6.45) is 4.18. The lowest BCUT2D eigenvalue weighted by Gasteiger charge is -2.09. The number of aromatic nitrogens is 3. The van der Waals surface area contributed by atoms with Gasteiger partial charge in [0.2, 0.25) is 0 Å². The van der Waals surface area contributed by atoms with Crippen molar-refractivity contribution < 1.29 is 4.74 Å². The molecule has 0 spiro atoms. The molecule has 6 heteroatoms. The van der Waals surface area contributed by atoms with Gasteiger partial charge < -0.3 is 15.0 Å². The van der Waals surface area contributed by atoms with Crippen molar-refractivity contribution in [3.05, 3.63) is 11.9 Å². The summed E-state index contributed by atoms with van der Waals surface area (Å²) in [7, 11) is 4.15. The molecule has 0 bridgehead atoms. The first-order chi connectivity index (χ1) is 9.22. The first-order valence-corrected chi connectivity index (χ1v) is 7.04. The fourth-order valence-electron chi connectivity index (χ4n) is 1.67. The third-order valence-corrected chi connectivity index (χ3v) is 2.68. The monoisotopic (exact) mass is 269 g/mol. The molecule has 0 amide bonds. The van der Waals surface area contributed by atoms with Crippen molar-refractivity contribution in [2.75, 3.05) is 40.4 Å². The lowest BCUT2D eigenvalue weighted by molar-refractivity contribution is 0.116. The van der Waals surface area contributed by atoms with Gasteiger partial charge in [-0.05, 0) is 40.0 Å². The Morgan fingerprint density at radius 2 is 2.21 bits per heavy atom. The van der Waals surface area contributed by atoms with Crippen LogP contribution in [0.15, 0.2) is 6.20 Å². The smallest absolute Gasteiger partial charge is 0.0964 e. The van der Waals surface area contributed by atoms with E-state index in [0.717, 1.165) is 51.3 Å². The molecule has 0 aliphatic heterocycles. The predicted octanol–water partition coefficient (Wildman–Crippen LogP) is 0.746. The molecule has 1 rings (SSSR count). The van der Waals surface area contributed by atoms with Crippen LogP contribution in [0.5, 0.6) is 0 Å². The van der Waals surface area contributed by atoms with E-state index in [1.54, 1.807) is 0 Å². The molecule has 110 valence electrons. The van der Waals surface area contributed by atoms with Gasteiger partial charge in [-0.25, -0.2) is 4.68 Å². The first kappa shape index (κ1) is 16.1. The van der Waals surface area contributed by atoms with E-state index in [4.69, 9.17) is 4.74 Å². The van der Waals surface area contributed by atoms with Gasteiger partial charge in [0.1, 0.15) is 0 Å². The Kier molecular flexibility index (Phi) is 8.36. The molecule has 0 saturated carbocycles. The number of nitrogens with one attached hydrogen (secondary N) is 1. The molecule has 0 atom stereocenters. The Hall–Kier alpha value is -0.980. The molecule has 0 aliphatic rings. The molecule has 0 fully saturated rings. The van der Waals surface area contributed by atoms with Gasteiger partial charge in [0.15, 0.2) is 0 Å². The summed E-state index contributed by atoms with van der Waals surface area (Å²) >= 11 is 0. The van der Waals surface area contributed by atoms with E-state index in [1.807, 2.05) is 10.9 Å². The van der Waals surface area contributed by atoms with E-state index in [9.17, 15) is 0 Å². The molecular weight excluding hydrogens is 242 g/mol. The molecule has 0 saturated heterocycles. The van der Waals surface area contributed by atoms with Gasteiger partial charge in [0.05, 0.1) is 18.8 Å². The van der Waals surface area contributed by atoms with Crippen molar-refractivity contribution in [3.63, 3.8) is 0 Å². The Labute approximate surface area is 116 Å². The summed E-state index contributed by atoms with van der Waals surface area (Å²) < 4.78 is 7.41. The molecule has 19 heavy (non-hydrogen) atoms. The highest BCUT2D eigenvalue weighted by Crippen LogP contribution is 1.93. The van der Waals surface area contributed by atoms with Gasteiger partial charge in [-0.3, -0.25) is 0 Å². The van der Waals surface area contributed by atoms with Crippen LogP contribution in [0, 0.1) is 0 Å². The van der Waals surface area contributed by atoms with Gasteiger partial charge in [-0.1, -0.05) is 12.1 Å². The van der Waals surface area contributed by atoms with Crippen molar-refractivity contribution in [3.8, 4) is 0 Å². The average Bonchev–Trinajstić information content (AvgIpc) is 2.81. The van der Waals surface area contributed by atoms with E-state index in [-0.39, 0.29) is 0 Å². The molecule has 1 aromatic rings. The van der Waals surface area contributed by atoms with E-state index in [1.165, 1.54) is 0 Å². The fraction of sp³-hybridized carbons (Fsp3) is 0.846. The predicted molar refractivity (Wildman–Crippen MR) is 76.0 cm³/mol. The summed E-state index contributed by atoms with van der Waals surface area (Å²) in [6.45, 7) is 7.28. The van der Waals surface area contributed by atoms with Crippen LogP contribution in [-0.4, -0.2) is 60.3 Å². The maximum atomic E-state index is 5.56. The van der Waals surface area contributed by atoms with Gasteiger partial charge in [-0.15, -0.1) is 5.10 Å². The molecule has 0 aromatic carbocycles. The fourth-order valence-corrected chi connectivity index (χ4v) is 1.67. The summed E-state index contributed by atoms with van der Waals surface area (Å²) in [5, 5.41) is 11.5. The van der Waals surface area contributed by atoms with Crippen molar-refractivity contribution in [1.82, 2.24) is 25.2 Å². The number of hydrogen-bond acceptors (Lipinski definition) is 5. The number of nitrogens with zero attached hydrogens (tertiary/aromatic N) is 4. The van der Waals surface area contributed by atoms with Crippen molar-refractivity contribution in [1.29, 1.82) is 0 Å². The number of ether oxygens (including phenoxy) is 1. The summed E-state index contributed by atoms with van der Waals surface area (Å²) in [5.41, 5.74) is 0.987. The first-order valence-electron chi connectivity index (χ1n) is 7.04. The Morgan fingerprint density at radius 3 is 2.95 bits per heavy atom. The van der Waals surface area contributed by atoms with Gasteiger partial charge in [0, 0.05) is 19.3 Å². The molecule has 1 heterocycles. The van der Waals surface area contributed by atoms with Crippen LogP contribution < -0.4 is 5.32 Å². The average molecular weight is 269 g/mol. The molecular formula is C13H27N5O. The molecule has 1 aromatic heterocycles. The van der Waals surface area contributed by atoms with E-state index in [2.05, 4.69) is 41.5 Å². The van der Waals surface area contributed by atoms with Crippen LogP contribution in [0.4, 0.5) is 0 Å². The van der Waals surface area contributed by atoms with Gasteiger partial charge >= 0.3 is 0 Å². The van der Waals surface area contributed by atoms with Crippen LogP contribution in [-0.2, 0) is 17.8 Å². The normalized spacial score (nSPS) is 11.4. The van der Waals surface area contributed by atoms with Crippen molar-refractivity contribution >= 4 is 0 Å². The zero-order chi connectivity index (χ0) is 13.9. The van der Waals surface area contributed by atoms with Crippen molar-refractivity contribution in [2.24, 2.45) is 0 Å². The van der Waals surface area contributed by atoms with Crippen LogP contribution in [0.2, 0.25) is 0 Å². The van der Waals surface area contributed by atoms with E-state index in [0.29, 0.717) is 6.61 Å². The molecule has 1 N–H and O–H groups in total. The second-order valence-corrected chi connectivity index (χ2v) is 4.92. The Morgan fingerprint density at radius 1 is 1.37 bits per heavy atom. The Balaban J connectivity index is 2.06. The standard InChI is InChI=1S/C13H27N5O/c1-4-6-14-11-13-12-18(16-15-13)8-10-19-9-5-7-17(2)3/h12,14H,4-11H2,1-3H3. The largest absolute Gasteiger partial charge is 0.379 e. The number of rotatable bonds is 11. The van der Waals surface area contributed by atoms with Crippen LogP contribution >= 0.6 is 0 Å². The molecule has 0 radical (unpaired) electrons. The summed E-state index contributed by atoms with van der Waals surface area (Å²) in [6, 6.07) is 0. The summed E-state index contributed by atoms with van der Waals surface area (Å²) in [5.74, 6) is 0. The number of hydrogen-bond donors (Lipinski definition) is 1. The van der Waals surface area contributed by atoms with Crippen LogP contribution in [0.3, 0.4) is 0 Å². The minimum absolute atomic E-state index is 0.693. The van der Waals surface area contributed by atoms with Gasteiger partial charge in [0.25, 0.3) is 0 Å². The van der Waals surface area contributed by atoms with E-state index >= 15 is 0 Å². The zero-order valence-electron chi connectivity index (χ0n) is 12.4. The summed E-state index contributed by atoms with van der Waals surface area (Å²) in [4.78, 5) is 2.16. The SMILES string of the molecule is CCCNCc1cn(CCOCCCN(C)C)nn1. The highest BCUT2D eigenvalue weighted by Gasteiger charge is 2.00. The lowest BCUT2D eigenvalue weighted by Crippen LogP contribution is -2.15. The minimum atomic E-state index is 0.693. The lowest BCUT2D eigenvalue weighted by atomic mass is 10.4. The highest BCUT2D eigenvalue weighted by molar-refractivity contribution is 4.91. The second-order valence-electron chi connectivity index (χ2n) is 4.92. The third-order valence-electron chi connectivity index (χ3n) is 2.68. The molecule has 0 aliphatic carbocycles. The zero-order valence-corrected chi connectivity index (χ0v) is 12.4. The maximum absolute atomic E-state index is 5.56. The quantitative estimate of drug-likeness (QED) is 0.601. The topological polar surface area (TPSA) is 55.2 Å². The van der Waals surface area contributed by atoms with Gasteiger partial charge in [-0.2, -0.15) is 0 Å². The van der Waals surface area contributed by atoms with E-state index < -0.39 is 0 Å². The maximum Gasteiger partial charge on any atom is 0.0964 e. The van der Waals surface area contributed by atoms with Crippen molar-refractivity contribution in [2.45, 2.75) is 32.9 Å². The molecule has 0 unspecified atom stereocenters. The highest BCUT2D eigenvalue weighted by atomic mass is 16.5. The molecule has 6 nitrogen and oxygen atoms in total. The minimum Gasteiger partial charge on any atom is -0.379 e. The van der Waals surface area contributed by atoms with Crippen LogP contribution in [0.1, 0.15) is 25.5 Å². The second kappa shape index (κ2) is 9.89.